The highest BCUT2D eigenvalue weighted by atomic mass is 19.1. The van der Waals surface area contributed by atoms with E-state index in [4.69, 9.17) is 4.74 Å². The zero-order valence-electron chi connectivity index (χ0n) is 16.4. The molecule has 1 aromatic rings. The maximum Gasteiger partial charge on any atom is 0.259 e. The zero-order valence-corrected chi connectivity index (χ0v) is 16.4. The topological polar surface area (TPSA) is 63.1 Å². The minimum Gasteiger partial charge on any atom is -0.353 e. The summed E-state index contributed by atoms with van der Waals surface area (Å²) in [7, 11) is 3.96. The summed E-state index contributed by atoms with van der Waals surface area (Å²) in [6, 6.07) is 2.04. The van der Waals surface area contributed by atoms with E-state index in [2.05, 4.69) is 5.32 Å². The van der Waals surface area contributed by atoms with Gasteiger partial charge >= 0.3 is 0 Å². The quantitative estimate of drug-likeness (QED) is 0.771. The molecular weight excluding hydrogens is 368 g/mol. The molecule has 3 rings (SSSR count). The molecule has 2 fully saturated rings. The van der Waals surface area contributed by atoms with Crippen LogP contribution in [0, 0.1) is 11.6 Å². The number of ether oxygens (including phenoxy) is 1. The Kier molecular flexibility index (Phi) is 6.30. The lowest BCUT2D eigenvalue weighted by atomic mass is 9.89. The lowest BCUT2D eigenvalue weighted by Crippen LogP contribution is -3.06. The Labute approximate surface area is 163 Å². The summed E-state index contributed by atoms with van der Waals surface area (Å²) in [4.78, 5) is 28.6. The Bertz CT molecular complexity index is 735. The number of nitrogens with one attached hydrogen (secondary N) is 2. The van der Waals surface area contributed by atoms with E-state index in [9.17, 15) is 18.4 Å². The average Bonchev–Trinajstić information content (AvgIpc) is 3.00. The number of benzene rings is 1. The molecule has 2 amide bonds. The molecule has 6 nitrogen and oxygen atoms in total. The highest BCUT2D eigenvalue weighted by Gasteiger charge is 2.53. The number of nitrogens with zero attached hydrogens (tertiary/aromatic N) is 1. The molecule has 0 radical (unpaired) electrons. The van der Waals surface area contributed by atoms with Crippen molar-refractivity contribution >= 4 is 11.8 Å². The fourth-order valence-electron chi connectivity index (χ4n) is 4.02. The normalized spacial score (nSPS) is 21.3. The van der Waals surface area contributed by atoms with E-state index < -0.39 is 29.3 Å². The number of quaternary nitrogens is 1. The first-order chi connectivity index (χ1) is 13.3. The van der Waals surface area contributed by atoms with Gasteiger partial charge in [-0.25, -0.2) is 8.78 Å². The molecule has 2 aliphatic rings. The minimum absolute atomic E-state index is 0.0786. The molecule has 28 heavy (non-hydrogen) atoms. The van der Waals surface area contributed by atoms with Gasteiger partial charge in [0.05, 0.1) is 39.4 Å². The highest BCUT2D eigenvalue weighted by molar-refractivity contribution is 5.98. The van der Waals surface area contributed by atoms with Gasteiger partial charge < -0.3 is 15.0 Å². The smallest absolute Gasteiger partial charge is 0.259 e. The predicted molar refractivity (Wildman–Crippen MR) is 98.8 cm³/mol. The Morgan fingerprint density at radius 3 is 2.61 bits per heavy atom. The zero-order chi connectivity index (χ0) is 20.3. The van der Waals surface area contributed by atoms with Crippen molar-refractivity contribution in [3.05, 3.63) is 35.4 Å². The summed E-state index contributed by atoms with van der Waals surface area (Å²) in [5.74, 6) is -2.62. The van der Waals surface area contributed by atoms with Crippen molar-refractivity contribution in [2.75, 3.05) is 33.8 Å². The lowest BCUT2D eigenvalue weighted by molar-refractivity contribution is -0.856. The maximum absolute atomic E-state index is 14.3. The third-order valence-electron chi connectivity index (χ3n) is 5.50. The van der Waals surface area contributed by atoms with E-state index in [0.29, 0.717) is 25.5 Å². The third kappa shape index (κ3) is 4.17. The number of amides is 2. The van der Waals surface area contributed by atoms with Crippen LogP contribution in [0.1, 0.15) is 42.5 Å². The Morgan fingerprint density at radius 1 is 1.25 bits per heavy atom. The van der Waals surface area contributed by atoms with Gasteiger partial charge in [-0.1, -0.05) is 6.42 Å². The van der Waals surface area contributed by atoms with E-state index in [0.717, 1.165) is 37.9 Å². The Balaban J connectivity index is 1.87. The van der Waals surface area contributed by atoms with E-state index in [-0.39, 0.29) is 18.1 Å². The maximum atomic E-state index is 14.3. The van der Waals surface area contributed by atoms with Crippen LogP contribution in [0.25, 0.3) is 0 Å². The largest absolute Gasteiger partial charge is 0.353 e. The average molecular weight is 396 g/mol. The molecule has 1 atom stereocenters. The summed E-state index contributed by atoms with van der Waals surface area (Å²) >= 11 is 0. The van der Waals surface area contributed by atoms with Gasteiger partial charge in [-0.15, -0.1) is 0 Å². The van der Waals surface area contributed by atoms with Crippen molar-refractivity contribution < 1.29 is 28.0 Å². The fraction of sp³-hybridized carbons (Fsp3) is 0.600. The van der Waals surface area contributed by atoms with Crippen LogP contribution in [-0.4, -0.2) is 62.3 Å². The fourth-order valence-corrected chi connectivity index (χ4v) is 4.02. The van der Waals surface area contributed by atoms with E-state index in [1.54, 1.807) is 0 Å². The van der Waals surface area contributed by atoms with Gasteiger partial charge in [-0.3, -0.25) is 14.5 Å². The molecule has 1 heterocycles. The van der Waals surface area contributed by atoms with Crippen molar-refractivity contribution in [1.82, 2.24) is 10.2 Å². The minimum atomic E-state index is -0.932. The third-order valence-corrected chi connectivity index (χ3v) is 5.50. The highest BCUT2D eigenvalue weighted by Crippen LogP contribution is 2.41. The number of hydrogen-bond donors (Lipinski definition) is 2. The second kappa shape index (κ2) is 8.53. The van der Waals surface area contributed by atoms with Crippen molar-refractivity contribution in [2.45, 2.75) is 43.9 Å². The number of hydrogen-bond acceptors (Lipinski definition) is 3. The molecule has 1 aromatic carbocycles. The van der Waals surface area contributed by atoms with Gasteiger partial charge in [-0.05, 0) is 37.8 Å². The van der Waals surface area contributed by atoms with Crippen LogP contribution in [0.2, 0.25) is 0 Å². The Hall–Kier alpha value is -2.06. The van der Waals surface area contributed by atoms with Crippen molar-refractivity contribution in [1.29, 1.82) is 0 Å². The van der Waals surface area contributed by atoms with Crippen LogP contribution in [0.4, 0.5) is 8.78 Å². The predicted octanol–water partition coefficient (Wildman–Crippen LogP) is 0.727. The van der Waals surface area contributed by atoms with E-state index >= 15 is 0 Å². The molecule has 0 unspecified atom stereocenters. The summed E-state index contributed by atoms with van der Waals surface area (Å²) in [5, 5.41) is 2.85. The van der Waals surface area contributed by atoms with E-state index in [1.807, 2.05) is 14.1 Å². The number of rotatable bonds is 5. The molecular formula is C20H28F2N3O3+. The molecule has 154 valence electrons. The molecule has 2 N–H and O–H groups in total. The number of likely N-dealkylation sites (N-methyl/N-ethyl adjacent to an activating group) is 1. The van der Waals surface area contributed by atoms with Crippen LogP contribution in [0.15, 0.2) is 18.2 Å². The van der Waals surface area contributed by atoms with E-state index in [1.165, 1.54) is 9.80 Å². The Morgan fingerprint density at radius 2 is 1.96 bits per heavy atom. The summed E-state index contributed by atoms with van der Waals surface area (Å²) in [5.41, 5.74) is -1.14. The molecule has 1 aliphatic heterocycles. The SMILES string of the molecule is C[NH+](C)CCNC(=O)[C@@H]1COC2(CCCCC2)N1C(=O)c1ccc(F)cc1F. The number of halogens is 2. The van der Waals surface area contributed by atoms with Gasteiger partial charge in [0.2, 0.25) is 5.91 Å². The molecule has 8 heteroatoms. The van der Waals surface area contributed by atoms with Crippen LogP contribution >= 0.6 is 0 Å². The molecule has 0 bridgehead atoms. The summed E-state index contributed by atoms with van der Waals surface area (Å²) in [6.07, 6.45) is 3.98. The van der Waals surface area contributed by atoms with Gasteiger partial charge in [0.15, 0.2) is 0 Å². The molecule has 1 saturated carbocycles. The van der Waals surface area contributed by atoms with Crippen molar-refractivity contribution in [3.8, 4) is 0 Å². The van der Waals surface area contributed by atoms with Crippen molar-refractivity contribution in [2.24, 2.45) is 0 Å². The second-order valence-corrected chi connectivity index (χ2v) is 7.88. The molecule has 1 aliphatic carbocycles. The first kappa shape index (κ1) is 20.7. The van der Waals surface area contributed by atoms with Crippen LogP contribution < -0.4 is 10.2 Å². The second-order valence-electron chi connectivity index (χ2n) is 7.88. The van der Waals surface area contributed by atoms with Gasteiger partial charge in [0.25, 0.3) is 5.91 Å². The van der Waals surface area contributed by atoms with Crippen molar-refractivity contribution in [3.63, 3.8) is 0 Å². The number of carbonyl (C=O) groups is 2. The molecule has 1 saturated heterocycles. The molecule has 0 aromatic heterocycles. The summed E-state index contributed by atoms with van der Waals surface area (Å²) < 4.78 is 33.6. The van der Waals surface area contributed by atoms with Gasteiger partial charge in [-0.2, -0.15) is 0 Å². The first-order valence-corrected chi connectivity index (χ1v) is 9.83. The summed E-state index contributed by atoms with van der Waals surface area (Å²) in [6.45, 7) is 1.29. The standard InChI is InChI=1S/C20H27F2N3O3/c1-24(2)11-10-23-18(26)17-13-28-20(8-4-3-5-9-20)25(17)19(27)15-7-6-14(21)12-16(15)22/h6-7,12,17H,3-5,8-11,13H2,1-2H3,(H,23,26)/p+1/t17-/m0/s1. The van der Waals surface area contributed by atoms with Crippen LogP contribution in [0.3, 0.4) is 0 Å². The van der Waals surface area contributed by atoms with Gasteiger partial charge in [0.1, 0.15) is 23.4 Å². The number of carbonyl (C=O) groups excluding carboxylic acids is 2. The van der Waals surface area contributed by atoms with Crippen LogP contribution in [0.5, 0.6) is 0 Å². The monoisotopic (exact) mass is 396 g/mol. The van der Waals surface area contributed by atoms with Gasteiger partial charge in [0, 0.05) is 6.07 Å². The first-order valence-electron chi connectivity index (χ1n) is 9.83. The van der Waals surface area contributed by atoms with Crippen LogP contribution in [-0.2, 0) is 9.53 Å². The molecule has 1 spiro atoms. The lowest BCUT2D eigenvalue weighted by Gasteiger charge is -2.41.